The number of phenolic OH excluding ortho intramolecular Hbond substituents is 1. The molecule has 6 nitrogen and oxygen atoms in total. The summed E-state index contributed by atoms with van der Waals surface area (Å²) < 4.78 is 11.4. The second-order valence-electron chi connectivity index (χ2n) is 4.94. The van der Waals surface area contributed by atoms with Crippen LogP contribution >= 0.6 is 15.9 Å². The fraction of sp³-hybridized carbons (Fsp3) is 0.176. The van der Waals surface area contributed by atoms with Crippen molar-refractivity contribution in [2.24, 2.45) is 5.10 Å². The van der Waals surface area contributed by atoms with Crippen LogP contribution in [-0.2, 0) is 4.79 Å². The first kappa shape index (κ1) is 17.8. The number of halogens is 1. The number of carbonyl (C=O) groups excluding carboxylic acids is 1. The minimum Gasteiger partial charge on any atom is -0.507 e. The Kier molecular flexibility index (Phi) is 6.20. The summed E-state index contributed by atoms with van der Waals surface area (Å²) in [7, 11) is 1.52. The van der Waals surface area contributed by atoms with Crippen molar-refractivity contribution in [3.63, 3.8) is 0 Å². The Hall–Kier alpha value is -2.54. The average Bonchev–Trinajstić information content (AvgIpc) is 2.56. The van der Waals surface area contributed by atoms with Crippen LogP contribution in [0.25, 0.3) is 0 Å². The van der Waals surface area contributed by atoms with Crippen LogP contribution in [0.1, 0.15) is 11.1 Å². The van der Waals surface area contributed by atoms with Crippen molar-refractivity contribution in [2.45, 2.75) is 6.92 Å². The molecule has 2 aromatic rings. The van der Waals surface area contributed by atoms with Crippen molar-refractivity contribution in [2.75, 3.05) is 13.7 Å². The number of hydrogen-bond donors (Lipinski definition) is 2. The molecule has 2 aromatic carbocycles. The van der Waals surface area contributed by atoms with Crippen LogP contribution in [0.15, 0.2) is 46.0 Å². The van der Waals surface area contributed by atoms with Crippen molar-refractivity contribution in [1.29, 1.82) is 0 Å². The van der Waals surface area contributed by atoms with Crippen LogP contribution in [0.2, 0.25) is 0 Å². The number of aryl methyl sites for hydroxylation is 1. The van der Waals surface area contributed by atoms with E-state index in [1.54, 1.807) is 36.4 Å². The van der Waals surface area contributed by atoms with Gasteiger partial charge in [-0.25, -0.2) is 5.43 Å². The number of nitrogens with zero attached hydrogens (tertiary/aromatic N) is 1. The predicted octanol–water partition coefficient (Wildman–Crippen LogP) is 3.00. The average molecular weight is 393 g/mol. The number of methoxy groups -OCH3 is 1. The summed E-state index contributed by atoms with van der Waals surface area (Å²) in [6.07, 6.45) is 1.38. The second kappa shape index (κ2) is 8.35. The number of hydrogen-bond acceptors (Lipinski definition) is 5. The number of rotatable bonds is 6. The molecule has 2 rings (SSSR count). The van der Waals surface area contributed by atoms with E-state index in [-0.39, 0.29) is 12.4 Å². The fourth-order valence-electron chi connectivity index (χ4n) is 1.89. The van der Waals surface area contributed by atoms with Gasteiger partial charge in [-0.2, -0.15) is 5.10 Å². The van der Waals surface area contributed by atoms with Crippen molar-refractivity contribution >= 4 is 28.1 Å². The van der Waals surface area contributed by atoms with Gasteiger partial charge in [0.05, 0.1) is 13.3 Å². The third-order valence-corrected chi connectivity index (χ3v) is 3.55. The summed E-state index contributed by atoms with van der Waals surface area (Å²) in [4.78, 5) is 11.8. The van der Waals surface area contributed by atoms with Crippen LogP contribution in [0.5, 0.6) is 17.2 Å². The van der Waals surface area contributed by atoms with Gasteiger partial charge in [-0.1, -0.05) is 27.6 Å². The number of benzene rings is 2. The molecule has 0 heterocycles. The van der Waals surface area contributed by atoms with E-state index in [1.165, 1.54) is 13.3 Å². The topological polar surface area (TPSA) is 80.2 Å². The summed E-state index contributed by atoms with van der Waals surface area (Å²) in [5.74, 6) is 0.638. The van der Waals surface area contributed by atoms with Gasteiger partial charge in [0, 0.05) is 10.0 Å². The molecule has 0 spiro atoms. The maximum Gasteiger partial charge on any atom is 0.277 e. The third kappa shape index (κ3) is 4.99. The van der Waals surface area contributed by atoms with E-state index in [1.807, 2.05) is 6.92 Å². The summed E-state index contributed by atoms with van der Waals surface area (Å²) in [5, 5.41) is 13.5. The summed E-state index contributed by atoms with van der Waals surface area (Å²) >= 11 is 3.33. The number of phenols is 1. The Morgan fingerprint density at radius 1 is 1.29 bits per heavy atom. The van der Waals surface area contributed by atoms with Crippen molar-refractivity contribution < 1.29 is 19.4 Å². The molecule has 0 bridgehead atoms. The Labute approximate surface area is 148 Å². The molecule has 0 radical (unpaired) electrons. The predicted molar refractivity (Wildman–Crippen MR) is 94.8 cm³/mol. The lowest BCUT2D eigenvalue weighted by atomic mass is 10.1. The molecule has 0 aliphatic rings. The Bertz CT molecular complexity index is 762. The SMILES string of the molecule is COc1cc(Br)ccc1OCC(=O)NN=Cc1cc(C)ccc1O. The lowest BCUT2D eigenvalue weighted by Crippen LogP contribution is -2.24. The highest BCUT2D eigenvalue weighted by Crippen LogP contribution is 2.30. The maximum absolute atomic E-state index is 11.8. The van der Waals surface area contributed by atoms with E-state index in [4.69, 9.17) is 9.47 Å². The van der Waals surface area contributed by atoms with Crippen molar-refractivity contribution in [3.05, 3.63) is 52.0 Å². The van der Waals surface area contributed by atoms with Gasteiger partial charge < -0.3 is 14.6 Å². The van der Waals surface area contributed by atoms with Crippen LogP contribution in [0.3, 0.4) is 0 Å². The van der Waals surface area contributed by atoms with Crippen molar-refractivity contribution in [3.8, 4) is 17.2 Å². The van der Waals surface area contributed by atoms with E-state index in [9.17, 15) is 9.90 Å². The molecular weight excluding hydrogens is 376 g/mol. The number of hydrazone groups is 1. The molecular formula is C17H17BrN2O4. The van der Waals surface area contributed by atoms with Gasteiger partial charge in [0.15, 0.2) is 18.1 Å². The molecule has 0 aromatic heterocycles. The molecule has 0 fully saturated rings. The van der Waals surface area contributed by atoms with Gasteiger partial charge in [-0.05, 0) is 37.3 Å². The number of aromatic hydroxyl groups is 1. The maximum atomic E-state index is 11.8. The zero-order valence-corrected chi connectivity index (χ0v) is 14.8. The number of nitrogens with one attached hydrogen (secondary N) is 1. The van der Waals surface area contributed by atoms with E-state index in [0.29, 0.717) is 17.1 Å². The highest BCUT2D eigenvalue weighted by molar-refractivity contribution is 9.10. The second-order valence-corrected chi connectivity index (χ2v) is 5.85. The number of amides is 1. The third-order valence-electron chi connectivity index (χ3n) is 3.06. The molecule has 0 aliphatic heterocycles. The van der Waals surface area contributed by atoms with Gasteiger partial charge >= 0.3 is 0 Å². The standard InChI is InChI=1S/C17H17BrN2O4/c1-11-3-5-14(21)12(7-11)9-19-20-17(22)10-24-15-6-4-13(18)8-16(15)23-2/h3-9,21H,10H2,1-2H3,(H,20,22). The Morgan fingerprint density at radius 2 is 2.08 bits per heavy atom. The molecule has 0 unspecified atom stereocenters. The van der Waals surface area contributed by atoms with Crippen LogP contribution in [0, 0.1) is 6.92 Å². The molecule has 0 saturated carbocycles. The van der Waals surface area contributed by atoms with Crippen LogP contribution < -0.4 is 14.9 Å². The molecule has 0 atom stereocenters. The zero-order valence-electron chi connectivity index (χ0n) is 13.2. The van der Waals surface area contributed by atoms with Crippen LogP contribution in [0.4, 0.5) is 0 Å². The summed E-state index contributed by atoms with van der Waals surface area (Å²) in [5.41, 5.74) is 3.84. The number of ether oxygens (including phenoxy) is 2. The van der Waals surface area contributed by atoms with Gasteiger partial charge in [0.25, 0.3) is 5.91 Å². The highest BCUT2D eigenvalue weighted by atomic mass is 79.9. The van der Waals surface area contributed by atoms with Crippen LogP contribution in [-0.4, -0.2) is 30.9 Å². The summed E-state index contributed by atoms with van der Waals surface area (Å²) in [6, 6.07) is 10.3. The normalized spacial score (nSPS) is 10.6. The first-order valence-electron chi connectivity index (χ1n) is 7.07. The van der Waals surface area contributed by atoms with E-state index >= 15 is 0 Å². The number of carbonyl (C=O) groups is 1. The first-order chi connectivity index (χ1) is 11.5. The van der Waals surface area contributed by atoms with E-state index in [2.05, 4.69) is 26.5 Å². The molecule has 126 valence electrons. The molecule has 0 aliphatic carbocycles. The quantitative estimate of drug-likeness (QED) is 0.584. The largest absolute Gasteiger partial charge is 0.507 e. The minimum atomic E-state index is -0.427. The fourth-order valence-corrected chi connectivity index (χ4v) is 2.23. The van der Waals surface area contributed by atoms with Gasteiger partial charge in [0.1, 0.15) is 5.75 Å². The molecule has 7 heteroatoms. The van der Waals surface area contributed by atoms with Crippen molar-refractivity contribution in [1.82, 2.24) is 5.43 Å². The Balaban J connectivity index is 1.90. The zero-order chi connectivity index (χ0) is 17.5. The lowest BCUT2D eigenvalue weighted by molar-refractivity contribution is -0.123. The smallest absolute Gasteiger partial charge is 0.277 e. The van der Waals surface area contributed by atoms with Gasteiger partial charge in [0.2, 0.25) is 0 Å². The first-order valence-corrected chi connectivity index (χ1v) is 7.86. The summed E-state index contributed by atoms with van der Waals surface area (Å²) in [6.45, 7) is 1.68. The monoisotopic (exact) mass is 392 g/mol. The van der Waals surface area contributed by atoms with E-state index in [0.717, 1.165) is 10.0 Å². The Morgan fingerprint density at radius 3 is 2.83 bits per heavy atom. The highest BCUT2D eigenvalue weighted by Gasteiger charge is 2.07. The van der Waals surface area contributed by atoms with Gasteiger partial charge in [-0.3, -0.25) is 4.79 Å². The van der Waals surface area contributed by atoms with Gasteiger partial charge in [-0.15, -0.1) is 0 Å². The molecule has 1 amide bonds. The molecule has 24 heavy (non-hydrogen) atoms. The minimum absolute atomic E-state index is 0.0921. The van der Waals surface area contributed by atoms with E-state index < -0.39 is 5.91 Å². The molecule has 0 saturated heterocycles. The molecule has 2 N–H and O–H groups in total. The lowest BCUT2D eigenvalue weighted by Gasteiger charge is -2.10.